The van der Waals surface area contributed by atoms with Crippen LogP contribution < -0.4 is 5.73 Å². The molecule has 2 N–H and O–H groups in total. The molecule has 1 aliphatic rings. The number of rotatable bonds is 3. The molecule has 0 spiro atoms. The molecule has 0 amide bonds. The highest BCUT2D eigenvalue weighted by Gasteiger charge is 2.27. The maximum Gasteiger partial charge on any atom is 0.122 e. The molecule has 1 heterocycles. The van der Waals surface area contributed by atoms with Crippen LogP contribution in [0.4, 0.5) is 0 Å². The molecule has 0 aliphatic heterocycles. The first kappa shape index (κ1) is 10.1. The summed E-state index contributed by atoms with van der Waals surface area (Å²) in [5.74, 6) is 0.485. The second-order valence-corrected chi connectivity index (χ2v) is 4.82. The lowest BCUT2D eigenvalue weighted by atomic mass is 10.1. The molecule has 14 heavy (non-hydrogen) atoms. The Morgan fingerprint density at radius 1 is 1.71 bits per heavy atom. The largest absolute Gasteiger partial charge is 0.375 e. The smallest absolute Gasteiger partial charge is 0.122 e. The van der Waals surface area contributed by atoms with Gasteiger partial charge in [0.05, 0.1) is 5.69 Å². The van der Waals surface area contributed by atoms with E-state index in [4.69, 9.17) is 10.5 Å². The van der Waals surface area contributed by atoms with Crippen LogP contribution in [0.5, 0.6) is 0 Å². The Hall–Kier alpha value is -0.450. The monoisotopic (exact) mass is 212 g/mol. The molecule has 0 saturated carbocycles. The van der Waals surface area contributed by atoms with Gasteiger partial charge in [0.2, 0.25) is 0 Å². The molecule has 0 bridgehead atoms. The lowest BCUT2D eigenvalue weighted by Gasteiger charge is -2.06. The van der Waals surface area contributed by atoms with Gasteiger partial charge in [-0.3, -0.25) is 0 Å². The second kappa shape index (κ2) is 3.96. The number of ether oxygens (including phenoxy) is 1. The predicted octanol–water partition coefficient (Wildman–Crippen LogP) is 1.84. The average molecular weight is 212 g/mol. The van der Waals surface area contributed by atoms with Crippen molar-refractivity contribution in [1.29, 1.82) is 0 Å². The number of nitrogens with two attached hydrogens (primary N) is 1. The van der Waals surface area contributed by atoms with Gasteiger partial charge in [-0.05, 0) is 19.8 Å². The molecule has 0 saturated heterocycles. The molecular weight excluding hydrogens is 196 g/mol. The molecule has 2 atom stereocenters. The van der Waals surface area contributed by atoms with Crippen LogP contribution in [0.15, 0.2) is 0 Å². The first-order valence-electron chi connectivity index (χ1n) is 4.98. The third-order valence-corrected chi connectivity index (χ3v) is 4.13. The third kappa shape index (κ3) is 1.58. The molecule has 1 aliphatic carbocycles. The fraction of sp³-hybridized carbons (Fsp3) is 0.700. The maximum absolute atomic E-state index is 5.70. The zero-order chi connectivity index (χ0) is 10.1. The number of aromatic nitrogens is 1. The number of hydrogen-bond acceptors (Lipinski definition) is 4. The van der Waals surface area contributed by atoms with Gasteiger partial charge in [-0.2, -0.15) is 0 Å². The molecule has 0 aromatic carbocycles. The molecule has 2 unspecified atom stereocenters. The van der Waals surface area contributed by atoms with E-state index in [1.54, 1.807) is 18.4 Å². The van der Waals surface area contributed by atoms with Crippen molar-refractivity contribution in [1.82, 2.24) is 4.98 Å². The fourth-order valence-electron chi connectivity index (χ4n) is 1.83. The van der Waals surface area contributed by atoms with Gasteiger partial charge in [-0.25, -0.2) is 4.98 Å². The van der Waals surface area contributed by atoms with E-state index in [9.17, 15) is 0 Å². The average Bonchev–Trinajstić information content (AvgIpc) is 2.74. The van der Waals surface area contributed by atoms with Gasteiger partial charge in [0.1, 0.15) is 11.1 Å². The van der Waals surface area contributed by atoms with E-state index in [2.05, 4.69) is 4.98 Å². The predicted molar refractivity (Wildman–Crippen MR) is 57.7 cm³/mol. The van der Waals surface area contributed by atoms with E-state index in [0.29, 0.717) is 5.92 Å². The molecule has 3 nitrogen and oxygen atoms in total. The van der Waals surface area contributed by atoms with Gasteiger partial charge >= 0.3 is 0 Å². The Morgan fingerprint density at radius 3 is 3.14 bits per heavy atom. The first-order chi connectivity index (χ1) is 6.76. The van der Waals surface area contributed by atoms with E-state index in [-0.39, 0.29) is 6.10 Å². The molecule has 2 rings (SSSR count). The third-order valence-electron chi connectivity index (χ3n) is 2.84. The second-order valence-electron chi connectivity index (χ2n) is 3.71. The van der Waals surface area contributed by atoms with Crippen molar-refractivity contribution >= 4 is 11.3 Å². The highest BCUT2D eigenvalue weighted by Crippen LogP contribution is 2.37. The normalized spacial score (nSPS) is 22.4. The molecular formula is C10H16N2OS. The van der Waals surface area contributed by atoms with E-state index in [1.807, 2.05) is 6.92 Å². The van der Waals surface area contributed by atoms with Crippen molar-refractivity contribution in [2.45, 2.75) is 31.8 Å². The van der Waals surface area contributed by atoms with Crippen molar-refractivity contribution in [3.63, 3.8) is 0 Å². The Bertz CT molecular complexity index is 324. The lowest BCUT2D eigenvalue weighted by molar-refractivity contribution is 0.119. The number of aryl methyl sites for hydroxylation is 1. The molecule has 78 valence electrons. The van der Waals surface area contributed by atoms with Crippen LogP contribution in [0, 0.1) is 0 Å². The van der Waals surface area contributed by atoms with E-state index in [0.717, 1.165) is 18.0 Å². The molecule has 0 fully saturated rings. The molecule has 4 heteroatoms. The summed E-state index contributed by atoms with van der Waals surface area (Å²) in [6.07, 6.45) is 2.43. The lowest BCUT2D eigenvalue weighted by Crippen LogP contribution is -2.10. The summed E-state index contributed by atoms with van der Waals surface area (Å²) in [5.41, 5.74) is 6.93. The summed E-state index contributed by atoms with van der Waals surface area (Å²) in [4.78, 5) is 6.04. The Balaban J connectivity index is 2.25. The minimum atomic E-state index is 0.115. The van der Waals surface area contributed by atoms with Crippen molar-refractivity contribution in [2.24, 2.45) is 5.73 Å². The summed E-state index contributed by atoms with van der Waals surface area (Å²) in [7, 11) is 1.72. The van der Waals surface area contributed by atoms with Gasteiger partial charge in [-0.15, -0.1) is 11.3 Å². The topological polar surface area (TPSA) is 48.1 Å². The minimum Gasteiger partial charge on any atom is -0.375 e. The number of nitrogens with zero attached hydrogens (tertiary/aromatic N) is 1. The van der Waals surface area contributed by atoms with Gasteiger partial charge in [0.25, 0.3) is 0 Å². The summed E-state index contributed by atoms with van der Waals surface area (Å²) in [6, 6.07) is 0. The zero-order valence-electron chi connectivity index (χ0n) is 8.62. The summed E-state index contributed by atoms with van der Waals surface area (Å²) >= 11 is 1.78. The van der Waals surface area contributed by atoms with Crippen molar-refractivity contribution in [2.75, 3.05) is 13.7 Å². The SMILES string of the molecule is COC(C)c1nc2c(s1)CCC2CN. The highest BCUT2D eigenvalue weighted by atomic mass is 32.1. The summed E-state index contributed by atoms with van der Waals surface area (Å²) < 4.78 is 5.26. The highest BCUT2D eigenvalue weighted by molar-refractivity contribution is 7.11. The zero-order valence-corrected chi connectivity index (χ0v) is 9.43. The van der Waals surface area contributed by atoms with Crippen molar-refractivity contribution in [3.05, 3.63) is 15.6 Å². The van der Waals surface area contributed by atoms with Crippen LogP contribution in [-0.2, 0) is 11.2 Å². The van der Waals surface area contributed by atoms with Crippen LogP contribution in [-0.4, -0.2) is 18.6 Å². The Kier molecular flexibility index (Phi) is 2.85. The fourth-order valence-corrected chi connectivity index (χ4v) is 3.02. The minimum absolute atomic E-state index is 0.115. The van der Waals surface area contributed by atoms with Crippen LogP contribution in [0.3, 0.4) is 0 Å². The standard InChI is InChI=1S/C10H16N2OS/c1-6(13-2)10-12-9-7(5-11)3-4-8(9)14-10/h6-7H,3-5,11H2,1-2H3. The van der Waals surface area contributed by atoms with Crippen LogP contribution in [0.1, 0.15) is 40.9 Å². The van der Waals surface area contributed by atoms with Gasteiger partial charge in [0, 0.05) is 24.4 Å². The number of thiazole rings is 1. The maximum atomic E-state index is 5.70. The van der Waals surface area contributed by atoms with E-state index < -0.39 is 0 Å². The van der Waals surface area contributed by atoms with Gasteiger partial charge < -0.3 is 10.5 Å². The van der Waals surface area contributed by atoms with Crippen LogP contribution in [0.25, 0.3) is 0 Å². The van der Waals surface area contributed by atoms with Crippen molar-refractivity contribution < 1.29 is 4.74 Å². The van der Waals surface area contributed by atoms with E-state index in [1.165, 1.54) is 17.0 Å². The Morgan fingerprint density at radius 2 is 2.50 bits per heavy atom. The van der Waals surface area contributed by atoms with Gasteiger partial charge in [-0.1, -0.05) is 0 Å². The molecule has 0 radical (unpaired) electrons. The van der Waals surface area contributed by atoms with Crippen LogP contribution >= 0.6 is 11.3 Å². The number of hydrogen-bond donors (Lipinski definition) is 1. The number of methoxy groups -OCH3 is 1. The Labute approximate surface area is 88.3 Å². The summed E-state index contributed by atoms with van der Waals surface area (Å²) in [6.45, 7) is 2.75. The quantitative estimate of drug-likeness (QED) is 0.831. The first-order valence-corrected chi connectivity index (χ1v) is 5.80. The van der Waals surface area contributed by atoms with Gasteiger partial charge in [0.15, 0.2) is 0 Å². The number of fused-ring (bicyclic) bond motifs is 1. The van der Waals surface area contributed by atoms with Crippen LogP contribution in [0.2, 0.25) is 0 Å². The molecule has 1 aromatic rings. The molecule has 1 aromatic heterocycles. The summed E-state index contributed by atoms with van der Waals surface area (Å²) in [5, 5.41) is 1.09. The van der Waals surface area contributed by atoms with Crippen molar-refractivity contribution in [3.8, 4) is 0 Å². The van der Waals surface area contributed by atoms with E-state index >= 15 is 0 Å².